The quantitative estimate of drug-likeness (QED) is 0.820. The number of hydrogen-bond acceptors (Lipinski definition) is 2. The second kappa shape index (κ2) is 5.40. The molecule has 1 heterocycles. The number of amides is 2. The van der Waals surface area contributed by atoms with Crippen LogP contribution in [0, 0.1) is 0 Å². The third kappa shape index (κ3) is 2.34. The summed E-state index contributed by atoms with van der Waals surface area (Å²) in [5, 5.41) is 0. The van der Waals surface area contributed by atoms with Crippen LogP contribution >= 0.6 is 0 Å². The summed E-state index contributed by atoms with van der Waals surface area (Å²) in [6.45, 7) is 5.94. The topological polar surface area (TPSA) is 32.8 Å². The first kappa shape index (κ1) is 12.9. The summed E-state index contributed by atoms with van der Waals surface area (Å²) < 4.78 is 5.06. The van der Waals surface area contributed by atoms with E-state index < -0.39 is 0 Å². The Morgan fingerprint density at radius 2 is 2.06 bits per heavy atom. The minimum atomic E-state index is 0.0701. The van der Waals surface area contributed by atoms with E-state index in [0.717, 1.165) is 5.69 Å². The molecule has 98 valence electrons. The van der Waals surface area contributed by atoms with E-state index in [-0.39, 0.29) is 12.1 Å². The highest BCUT2D eigenvalue weighted by Crippen LogP contribution is 2.29. The van der Waals surface area contributed by atoms with E-state index in [9.17, 15) is 4.79 Å². The fraction of sp³-hybridized carbons (Fsp3) is 0.500. The number of ether oxygens (including phenoxy) is 1. The van der Waals surface area contributed by atoms with Gasteiger partial charge in [0, 0.05) is 26.2 Å². The van der Waals surface area contributed by atoms with E-state index >= 15 is 0 Å². The number of benzene rings is 1. The van der Waals surface area contributed by atoms with Gasteiger partial charge in [-0.3, -0.25) is 4.90 Å². The molecule has 0 radical (unpaired) electrons. The van der Waals surface area contributed by atoms with Crippen LogP contribution in [0.2, 0.25) is 0 Å². The van der Waals surface area contributed by atoms with Gasteiger partial charge in [0.05, 0.1) is 12.3 Å². The van der Waals surface area contributed by atoms with E-state index in [4.69, 9.17) is 4.74 Å². The fourth-order valence-electron chi connectivity index (χ4n) is 2.28. The molecule has 18 heavy (non-hydrogen) atoms. The zero-order valence-corrected chi connectivity index (χ0v) is 11.2. The van der Waals surface area contributed by atoms with Gasteiger partial charge in [0.2, 0.25) is 0 Å². The van der Waals surface area contributed by atoms with Crippen molar-refractivity contribution in [1.29, 1.82) is 0 Å². The van der Waals surface area contributed by atoms with Crippen molar-refractivity contribution in [2.45, 2.75) is 26.4 Å². The molecule has 1 aromatic carbocycles. The van der Waals surface area contributed by atoms with Crippen LogP contribution in [0.1, 0.15) is 19.4 Å². The molecule has 0 unspecified atom stereocenters. The molecule has 0 aliphatic carbocycles. The van der Waals surface area contributed by atoms with E-state index in [2.05, 4.69) is 6.07 Å². The molecule has 0 saturated heterocycles. The van der Waals surface area contributed by atoms with Gasteiger partial charge >= 0.3 is 6.03 Å². The van der Waals surface area contributed by atoms with Gasteiger partial charge in [-0.2, -0.15) is 0 Å². The highest BCUT2D eigenvalue weighted by molar-refractivity contribution is 5.95. The van der Waals surface area contributed by atoms with Crippen molar-refractivity contribution in [1.82, 2.24) is 4.90 Å². The molecule has 0 spiro atoms. The Morgan fingerprint density at radius 1 is 1.33 bits per heavy atom. The molecule has 0 atom stereocenters. The van der Waals surface area contributed by atoms with Gasteiger partial charge in [0.1, 0.15) is 0 Å². The number of carbonyl (C=O) groups excluding carboxylic acids is 1. The second-order valence-electron chi connectivity index (χ2n) is 4.79. The summed E-state index contributed by atoms with van der Waals surface area (Å²) >= 11 is 0. The predicted molar refractivity (Wildman–Crippen MR) is 71.7 cm³/mol. The second-order valence-corrected chi connectivity index (χ2v) is 4.79. The molecular formula is C14H20N2O2. The first-order chi connectivity index (χ1) is 8.65. The number of methoxy groups -OCH3 is 1. The number of anilines is 1. The van der Waals surface area contributed by atoms with Crippen LogP contribution in [0.3, 0.4) is 0 Å². The number of nitrogens with zero attached hydrogens (tertiary/aromatic N) is 2. The largest absolute Gasteiger partial charge is 0.383 e. The van der Waals surface area contributed by atoms with E-state index in [1.165, 1.54) is 5.56 Å². The minimum absolute atomic E-state index is 0.0701. The third-order valence-electron chi connectivity index (χ3n) is 3.17. The zero-order valence-electron chi connectivity index (χ0n) is 11.2. The molecule has 4 heteroatoms. The van der Waals surface area contributed by atoms with E-state index in [1.807, 2.05) is 41.8 Å². The third-order valence-corrected chi connectivity index (χ3v) is 3.17. The lowest BCUT2D eigenvalue weighted by Crippen LogP contribution is -2.50. The lowest BCUT2D eigenvalue weighted by molar-refractivity contribution is 0.146. The Bertz CT molecular complexity index is 432. The van der Waals surface area contributed by atoms with Crippen molar-refractivity contribution in [3.63, 3.8) is 0 Å². The van der Waals surface area contributed by atoms with Crippen molar-refractivity contribution in [2.75, 3.05) is 25.2 Å². The van der Waals surface area contributed by atoms with E-state index in [0.29, 0.717) is 19.7 Å². The van der Waals surface area contributed by atoms with Gasteiger partial charge in [0.15, 0.2) is 0 Å². The van der Waals surface area contributed by atoms with Crippen molar-refractivity contribution in [3.8, 4) is 0 Å². The summed E-state index contributed by atoms with van der Waals surface area (Å²) in [5.74, 6) is 0. The van der Waals surface area contributed by atoms with Gasteiger partial charge in [0.25, 0.3) is 0 Å². The summed E-state index contributed by atoms with van der Waals surface area (Å²) in [7, 11) is 1.66. The summed E-state index contributed by atoms with van der Waals surface area (Å²) in [6.07, 6.45) is 0. The first-order valence-electron chi connectivity index (χ1n) is 6.30. The fourth-order valence-corrected chi connectivity index (χ4v) is 2.28. The highest BCUT2D eigenvalue weighted by atomic mass is 16.5. The Kier molecular flexibility index (Phi) is 3.87. The number of urea groups is 1. The van der Waals surface area contributed by atoms with Crippen LogP contribution in [0.5, 0.6) is 0 Å². The molecule has 1 aliphatic heterocycles. The maximum Gasteiger partial charge on any atom is 0.325 e. The minimum Gasteiger partial charge on any atom is -0.383 e. The molecule has 0 fully saturated rings. The molecule has 4 nitrogen and oxygen atoms in total. The normalized spacial score (nSPS) is 15.2. The van der Waals surface area contributed by atoms with Gasteiger partial charge < -0.3 is 9.64 Å². The Balaban J connectivity index is 2.31. The average molecular weight is 248 g/mol. The van der Waals surface area contributed by atoms with Gasteiger partial charge in [-0.05, 0) is 25.5 Å². The molecule has 0 aromatic heterocycles. The molecule has 0 N–H and O–H groups in total. The van der Waals surface area contributed by atoms with Crippen LogP contribution in [-0.4, -0.2) is 37.2 Å². The van der Waals surface area contributed by atoms with Gasteiger partial charge in [-0.1, -0.05) is 18.2 Å². The first-order valence-corrected chi connectivity index (χ1v) is 6.30. The summed E-state index contributed by atoms with van der Waals surface area (Å²) in [4.78, 5) is 16.1. The summed E-state index contributed by atoms with van der Waals surface area (Å²) in [5.41, 5.74) is 2.23. The zero-order chi connectivity index (χ0) is 13.1. The molecule has 2 rings (SSSR count). The number of carbonyl (C=O) groups is 1. The van der Waals surface area contributed by atoms with Crippen LogP contribution in [0.25, 0.3) is 0 Å². The molecule has 1 aromatic rings. The van der Waals surface area contributed by atoms with Crippen LogP contribution in [-0.2, 0) is 11.3 Å². The lowest BCUT2D eigenvalue weighted by Gasteiger charge is -2.39. The highest BCUT2D eigenvalue weighted by Gasteiger charge is 2.31. The van der Waals surface area contributed by atoms with Crippen molar-refractivity contribution < 1.29 is 9.53 Å². The van der Waals surface area contributed by atoms with Crippen molar-refractivity contribution in [2.24, 2.45) is 0 Å². The maximum atomic E-state index is 12.4. The SMILES string of the molecule is COCCN1Cc2ccccc2N(C(C)C)C1=O. The maximum absolute atomic E-state index is 12.4. The molecule has 0 saturated carbocycles. The van der Waals surface area contributed by atoms with Gasteiger partial charge in [-0.25, -0.2) is 4.79 Å². The number of rotatable bonds is 4. The summed E-state index contributed by atoms with van der Waals surface area (Å²) in [6, 6.07) is 8.32. The van der Waals surface area contributed by atoms with Crippen LogP contribution < -0.4 is 4.90 Å². The molecule has 2 amide bonds. The standard InChI is InChI=1S/C14H20N2O2/c1-11(2)16-13-7-5-4-6-12(13)10-15(14(16)17)8-9-18-3/h4-7,11H,8-10H2,1-3H3. The Labute approximate surface area is 108 Å². The Morgan fingerprint density at radius 3 is 2.72 bits per heavy atom. The molecular weight excluding hydrogens is 228 g/mol. The van der Waals surface area contributed by atoms with Crippen LogP contribution in [0.4, 0.5) is 10.5 Å². The monoisotopic (exact) mass is 248 g/mol. The van der Waals surface area contributed by atoms with Gasteiger partial charge in [-0.15, -0.1) is 0 Å². The van der Waals surface area contributed by atoms with Crippen molar-refractivity contribution >= 4 is 11.7 Å². The molecule has 0 bridgehead atoms. The predicted octanol–water partition coefficient (Wildman–Crippen LogP) is 2.48. The number of fused-ring (bicyclic) bond motifs is 1. The van der Waals surface area contributed by atoms with Crippen molar-refractivity contribution in [3.05, 3.63) is 29.8 Å². The number of hydrogen-bond donors (Lipinski definition) is 0. The molecule has 1 aliphatic rings. The average Bonchev–Trinajstić information content (AvgIpc) is 2.35. The van der Waals surface area contributed by atoms with E-state index in [1.54, 1.807) is 7.11 Å². The Hall–Kier alpha value is -1.55. The number of para-hydroxylation sites is 1. The lowest BCUT2D eigenvalue weighted by atomic mass is 10.1. The van der Waals surface area contributed by atoms with Crippen LogP contribution in [0.15, 0.2) is 24.3 Å². The smallest absolute Gasteiger partial charge is 0.325 e.